The number of hydrogen-bond donors (Lipinski definition) is 2. The molecule has 318 valence electrons. The summed E-state index contributed by atoms with van der Waals surface area (Å²) in [5.41, 5.74) is 3.18. The molecule has 0 saturated carbocycles. The third-order valence-electron chi connectivity index (χ3n) is 11.9. The lowest BCUT2D eigenvalue weighted by Crippen LogP contribution is -2.51. The average Bonchev–Trinajstić information content (AvgIpc) is 3.75. The molecule has 14 nitrogen and oxygen atoms in total. The largest absolute Gasteiger partial charge is 0.465 e. The smallest absolute Gasteiger partial charge is 0.410 e. The summed E-state index contributed by atoms with van der Waals surface area (Å²) < 4.78 is 10.4. The molecule has 7 rings (SSSR count). The number of methoxy groups -OCH3 is 1. The molecule has 1 aromatic heterocycles. The number of carbonyl (C=O) groups excluding carboxylic acids is 6. The molecule has 3 aliphatic rings. The van der Waals surface area contributed by atoms with Gasteiger partial charge in [-0.3, -0.25) is 19.2 Å². The van der Waals surface area contributed by atoms with Gasteiger partial charge in [-0.25, -0.2) is 14.6 Å². The van der Waals surface area contributed by atoms with Gasteiger partial charge in [0.05, 0.1) is 18.1 Å². The van der Waals surface area contributed by atoms with Gasteiger partial charge in [0.25, 0.3) is 5.91 Å². The fourth-order valence-corrected chi connectivity index (χ4v) is 8.53. The van der Waals surface area contributed by atoms with Crippen LogP contribution in [0.5, 0.6) is 0 Å². The van der Waals surface area contributed by atoms with Crippen molar-refractivity contribution in [3.8, 4) is 0 Å². The predicted octanol–water partition coefficient (Wildman–Crippen LogP) is 6.13. The number of fused-ring (bicyclic) bond motifs is 3. The number of benzene rings is 3. The van der Waals surface area contributed by atoms with Crippen LogP contribution in [0.4, 0.5) is 16.3 Å². The number of amides is 5. The molecule has 14 heteroatoms. The SMILES string of the molecule is COC(=O)c1cccc(C(=O)N2CCC(C)(C(=O)N(CC(=O)Nc3ccc4c(c3)C[C@@]3(C4)C(=O)Nc4ncccc43)Cc3ccccc3CN(C)C(=O)OC(C)(C)C)CC2)c1. The van der Waals surface area contributed by atoms with Crippen molar-refractivity contribution in [1.29, 1.82) is 0 Å². The lowest BCUT2D eigenvalue weighted by molar-refractivity contribution is -0.146. The van der Waals surface area contributed by atoms with Crippen molar-refractivity contribution < 1.29 is 38.2 Å². The molecule has 1 saturated heterocycles. The van der Waals surface area contributed by atoms with Gasteiger partial charge in [0.2, 0.25) is 17.7 Å². The molecule has 1 spiro atoms. The van der Waals surface area contributed by atoms with Gasteiger partial charge in [-0.2, -0.15) is 0 Å². The van der Waals surface area contributed by atoms with E-state index in [1.165, 1.54) is 18.1 Å². The Labute approximate surface area is 355 Å². The fraction of sp³-hybridized carbons (Fsp3) is 0.383. The first-order valence-electron chi connectivity index (χ1n) is 20.5. The number of aromatic nitrogens is 1. The van der Waals surface area contributed by atoms with Crippen LogP contribution in [0.25, 0.3) is 0 Å². The van der Waals surface area contributed by atoms with E-state index in [1.54, 1.807) is 62.0 Å². The zero-order valence-corrected chi connectivity index (χ0v) is 35.5. The van der Waals surface area contributed by atoms with Crippen molar-refractivity contribution in [2.75, 3.05) is 44.4 Å². The average molecular weight is 829 g/mol. The molecule has 2 N–H and O–H groups in total. The van der Waals surface area contributed by atoms with Crippen LogP contribution in [-0.2, 0) is 55.2 Å². The number of hydrogen-bond acceptors (Lipinski definition) is 9. The van der Waals surface area contributed by atoms with Crippen molar-refractivity contribution >= 4 is 47.2 Å². The van der Waals surface area contributed by atoms with E-state index < -0.39 is 34.4 Å². The molecule has 61 heavy (non-hydrogen) atoms. The second kappa shape index (κ2) is 16.8. The number of ether oxygens (including phenoxy) is 2. The molecule has 4 aromatic rings. The monoisotopic (exact) mass is 828 g/mol. The second-order valence-electron chi connectivity index (χ2n) is 17.5. The first-order chi connectivity index (χ1) is 29.0. The van der Waals surface area contributed by atoms with E-state index in [-0.39, 0.29) is 56.0 Å². The van der Waals surface area contributed by atoms with E-state index in [0.717, 1.165) is 27.8 Å². The van der Waals surface area contributed by atoms with E-state index in [4.69, 9.17) is 9.47 Å². The Morgan fingerprint density at radius 3 is 2.26 bits per heavy atom. The maximum Gasteiger partial charge on any atom is 0.410 e. The van der Waals surface area contributed by atoms with Crippen molar-refractivity contribution in [2.45, 2.75) is 77.5 Å². The Balaban J connectivity index is 1.10. The Bertz CT molecular complexity index is 2400. The van der Waals surface area contributed by atoms with Crippen LogP contribution in [0.15, 0.2) is 85.1 Å². The minimum Gasteiger partial charge on any atom is -0.465 e. The van der Waals surface area contributed by atoms with Crippen molar-refractivity contribution in [3.05, 3.63) is 124 Å². The molecule has 0 unspecified atom stereocenters. The number of rotatable bonds is 10. The number of nitrogens with zero attached hydrogens (tertiary/aromatic N) is 4. The van der Waals surface area contributed by atoms with Crippen LogP contribution in [0.1, 0.15) is 89.1 Å². The van der Waals surface area contributed by atoms with Crippen LogP contribution in [-0.4, -0.2) is 94.8 Å². The highest BCUT2D eigenvalue weighted by Crippen LogP contribution is 2.47. The highest BCUT2D eigenvalue weighted by atomic mass is 16.6. The van der Waals surface area contributed by atoms with Crippen LogP contribution < -0.4 is 10.6 Å². The van der Waals surface area contributed by atoms with Crippen molar-refractivity contribution in [1.82, 2.24) is 19.7 Å². The van der Waals surface area contributed by atoms with Gasteiger partial charge < -0.3 is 34.8 Å². The number of pyridine rings is 1. The molecular weight excluding hydrogens is 777 g/mol. The lowest BCUT2D eigenvalue weighted by atomic mass is 9.78. The van der Waals surface area contributed by atoms with Gasteiger partial charge >= 0.3 is 12.1 Å². The maximum absolute atomic E-state index is 14.8. The van der Waals surface area contributed by atoms with E-state index in [0.29, 0.717) is 42.8 Å². The number of esters is 1. The first kappa shape index (κ1) is 42.6. The summed E-state index contributed by atoms with van der Waals surface area (Å²) in [5, 5.41) is 5.93. The van der Waals surface area contributed by atoms with Gasteiger partial charge in [0.15, 0.2) is 0 Å². The summed E-state index contributed by atoms with van der Waals surface area (Å²) in [4.78, 5) is 89.8. The molecule has 0 radical (unpaired) electrons. The maximum atomic E-state index is 14.8. The topological polar surface area (TPSA) is 168 Å². The Morgan fingerprint density at radius 2 is 1.56 bits per heavy atom. The van der Waals surface area contributed by atoms with Crippen molar-refractivity contribution in [2.24, 2.45) is 5.41 Å². The summed E-state index contributed by atoms with van der Waals surface area (Å²) in [7, 11) is 2.93. The highest BCUT2D eigenvalue weighted by Gasteiger charge is 2.51. The van der Waals surface area contributed by atoms with Crippen LogP contribution in [0, 0.1) is 5.41 Å². The molecular formula is C47H52N6O8. The van der Waals surface area contributed by atoms with Gasteiger partial charge in [-0.15, -0.1) is 0 Å². The van der Waals surface area contributed by atoms with Crippen LogP contribution in [0.2, 0.25) is 0 Å². The quantitative estimate of drug-likeness (QED) is 0.179. The van der Waals surface area contributed by atoms with E-state index >= 15 is 0 Å². The minimum absolute atomic E-state index is 0.0818. The van der Waals surface area contributed by atoms with Crippen LogP contribution in [0.3, 0.4) is 0 Å². The van der Waals surface area contributed by atoms with Crippen molar-refractivity contribution in [3.63, 3.8) is 0 Å². The van der Waals surface area contributed by atoms with E-state index in [9.17, 15) is 28.8 Å². The van der Waals surface area contributed by atoms with Gasteiger partial charge in [-0.1, -0.05) is 49.4 Å². The fourth-order valence-electron chi connectivity index (χ4n) is 8.53. The van der Waals surface area contributed by atoms with Gasteiger partial charge in [0, 0.05) is 61.7 Å². The standard InChI is InChI=1S/C47H52N6O8/c1-45(2,3)61-44(59)51(5)27-33-11-7-8-12-34(33)28-53(43(58)46(4)18-21-52(22-19-46)40(55)30-13-9-14-31(23-30)41(56)60-6)29-38(54)49-36-17-16-32-25-47(26-35(32)24-36)37-15-10-20-48-39(37)50-42(47)57/h7-17,20,23-24H,18-19,21-22,25-29H2,1-6H3,(H,49,54)(H,48,50,57)/t47-/m1/s1. The summed E-state index contributed by atoms with van der Waals surface area (Å²) in [6.45, 7) is 7.87. The van der Waals surface area contributed by atoms with E-state index in [2.05, 4.69) is 15.6 Å². The Hall–Kier alpha value is -6.57. The zero-order valence-electron chi connectivity index (χ0n) is 35.5. The zero-order chi connectivity index (χ0) is 43.7. The predicted molar refractivity (Wildman–Crippen MR) is 228 cm³/mol. The number of likely N-dealkylation sites (tertiary alicyclic amines) is 1. The summed E-state index contributed by atoms with van der Waals surface area (Å²) in [6, 6.07) is 23.3. The summed E-state index contributed by atoms with van der Waals surface area (Å²) in [5.74, 6) is -0.957. The number of anilines is 2. The summed E-state index contributed by atoms with van der Waals surface area (Å²) in [6.07, 6.45) is 2.83. The Kier molecular flexibility index (Phi) is 11.7. The second-order valence-corrected chi connectivity index (χ2v) is 17.5. The molecule has 1 aliphatic carbocycles. The molecule has 2 aliphatic heterocycles. The number of carbonyl (C=O) groups is 6. The molecule has 1 atom stereocenters. The third-order valence-corrected chi connectivity index (χ3v) is 11.9. The lowest BCUT2D eigenvalue weighted by Gasteiger charge is -2.41. The van der Waals surface area contributed by atoms with Gasteiger partial charge in [-0.05, 0) is 105 Å². The highest BCUT2D eigenvalue weighted by molar-refractivity contribution is 6.06. The third kappa shape index (κ3) is 8.98. The first-order valence-corrected chi connectivity index (χ1v) is 20.5. The Morgan fingerprint density at radius 1 is 0.869 bits per heavy atom. The van der Waals surface area contributed by atoms with E-state index in [1.807, 2.05) is 61.5 Å². The molecule has 0 bridgehead atoms. The normalized spacial score (nSPS) is 17.5. The van der Waals surface area contributed by atoms with Crippen LogP contribution >= 0.6 is 0 Å². The summed E-state index contributed by atoms with van der Waals surface area (Å²) >= 11 is 0. The molecule has 3 heterocycles. The number of nitrogens with one attached hydrogen (secondary N) is 2. The molecule has 1 fully saturated rings. The number of piperidine rings is 1. The van der Waals surface area contributed by atoms with Gasteiger partial charge in [0.1, 0.15) is 18.0 Å². The minimum atomic E-state index is -0.915. The molecule has 3 aromatic carbocycles. The molecule has 5 amide bonds.